The van der Waals surface area contributed by atoms with Crippen LogP contribution in [0.3, 0.4) is 0 Å². The zero-order chi connectivity index (χ0) is 17.4. The summed E-state index contributed by atoms with van der Waals surface area (Å²) in [6.07, 6.45) is 1.83. The first kappa shape index (κ1) is 17.9. The van der Waals surface area contributed by atoms with Crippen molar-refractivity contribution in [2.45, 2.75) is 11.8 Å². The number of aryl methyl sites for hydroxylation is 1. The van der Waals surface area contributed by atoms with Gasteiger partial charge in [-0.3, -0.25) is 4.79 Å². The number of ether oxygens (including phenoxy) is 2. The minimum absolute atomic E-state index is 0.0835. The van der Waals surface area contributed by atoms with Gasteiger partial charge in [0.05, 0.1) is 12.8 Å². The molecule has 0 aromatic heterocycles. The van der Waals surface area contributed by atoms with Gasteiger partial charge in [0.25, 0.3) is 5.91 Å². The van der Waals surface area contributed by atoms with Crippen molar-refractivity contribution < 1.29 is 14.3 Å². The lowest BCUT2D eigenvalue weighted by Gasteiger charge is -2.13. The second kappa shape index (κ2) is 9.03. The number of rotatable bonds is 8. The van der Waals surface area contributed by atoms with Crippen LogP contribution in [-0.2, 0) is 4.79 Å². The van der Waals surface area contributed by atoms with Crippen LogP contribution in [-0.4, -0.2) is 25.4 Å². The Morgan fingerprint density at radius 3 is 2.79 bits per heavy atom. The molecule has 0 atom stereocenters. The molecule has 1 amide bonds. The molecule has 2 aromatic rings. The molecule has 0 aliphatic rings. The standard InChI is InChI=1S/C19H21NO3S/c1-4-11-24-18-8-6-5-7-15(18)20-19(21)13-23-16-10-9-14(2)12-17(16)22-3/h4-10,12H,1,11,13H2,2-3H3,(H,20,21). The summed E-state index contributed by atoms with van der Waals surface area (Å²) in [5, 5.41) is 2.88. The van der Waals surface area contributed by atoms with Crippen molar-refractivity contribution in [3.8, 4) is 11.5 Å². The van der Waals surface area contributed by atoms with Crippen LogP contribution in [0.25, 0.3) is 0 Å². The van der Waals surface area contributed by atoms with E-state index >= 15 is 0 Å². The van der Waals surface area contributed by atoms with Crippen LogP contribution in [0.4, 0.5) is 5.69 Å². The SMILES string of the molecule is C=CCSc1ccccc1NC(=O)COc1ccc(C)cc1OC. The number of benzene rings is 2. The topological polar surface area (TPSA) is 47.6 Å². The highest BCUT2D eigenvalue weighted by Crippen LogP contribution is 2.28. The van der Waals surface area contributed by atoms with E-state index in [-0.39, 0.29) is 12.5 Å². The number of carbonyl (C=O) groups excluding carboxylic acids is 1. The maximum absolute atomic E-state index is 12.2. The lowest BCUT2D eigenvalue weighted by atomic mass is 10.2. The van der Waals surface area contributed by atoms with Crippen molar-refractivity contribution in [2.75, 3.05) is 24.8 Å². The van der Waals surface area contributed by atoms with Gasteiger partial charge in [0.1, 0.15) is 0 Å². The summed E-state index contributed by atoms with van der Waals surface area (Å²) < 4.78 is 10.8. The molecule has 0 saturated carbocycles. The number of anilines is 1. The highest BCUT2D eigenvalue weighted by Gasteiger charge is 2.10. The summed E-state index contributed by atoms with van der Waals surface area (Å²) in [7, 11) is 1.58. The summed E-state index contributed by atoms with van der Waals surface area (Å²) in [6, 6.07) is 13.2. The molecule has 0 fully saturated rings. The quantitative estimate of drug-likeness (QED) is 0.573. The minimum Gasteiger partial charge on any atom is -0.493 e. The van der Waals surface area contributed by atoms with Crippen LogP contribution in [0.5, 0.6) is 11.5 Å². The lowest BCUT2D eigenvalue weighted by molar-refractivity contribution is -0.118. The number of para-hydroxylation sites is 1. The van der Waals surface area contributed by atoms with E-state index < -0.39 is 0 Å². The molecule has 24 heavy (non-hydrogen) atoms. The van der Waals surface area contributed by atoms with Gasteiger partial charge in [-0.1, -0.05) is 24.3 Å². The Bertz CT molecular complexity index is 716. The van der Waals surface area contributed by atoms with Crippen molar-refractivity contribution in [1.29, 1.82) is 0 Å². The van der Waals surface area contributed by atoms with Crippen molar-refractivity contribution in [3.63, 3.8) is 0 Å². The first-order valence-electron chi connectivity index (χ1n) is 7.54. The predicted molar refractivity (Wildman–Crippen MR) is 99.2 cm³/mol. The maximum atomic E-state index is 12.2. The van der Waals surface area contributed by atoms with Gasteiger partial charge in [0.15, 0.2) is 18.1 Å². The van der Waals surface area contributed by atoms with Crippen molar-refractivity contribution in [1.82, 2.24) is 0 Å². The molecular weight excluding hydrogens is 322 g/mol. The van der Waals surface area contributed by atoms with Gasteiger partial charge < -0.3 is 14.8 Å². The minimum atomic E-state index is -0.218. The molecule has 2 rings (SSSR count). The number of hydrogen-bond donors (Lipinski definition) is 1. The largest absolute Gasteiger partial charge is 0.493 e. The van der Waals surface area contributed by atoms with Gasteiger partial charge in [-0.25, -0.2) is 0 Å². The zero-order valence-electron chi connectivity index (χ0n) is 13.9. The van der Waals surface area contributed by atoms with Crippen LogP contribution < -0.4 is 14.8 Å². The maximum Gasteiger partial charge on any atom is 0.262 e. The summed E-state index contributed by atoms with van der Waals surface area (Å²) in [5.74, 6) is 1.73. The smallest absolute Gasteiger partial charge is 0.262 e. The first-order valence-corrected chi connectivity index (χ1v) is 8.52. The molecule has 1 N–H and O–H groups in total. The predicted octanol–water partition coefficient (Wildman–Crippen LogP) is 4.30. The molecular formula is C19H21NO3S. The molecule has 4 nitrogen and oxygen atoms in total. The van der Waals surface area contributed by atoms with E-state index in [4.69, 9.17) is 9.47 Å². The molecule has 5 heteroatoms. The molecule has 0 aliphatic carbocycles. The molecule has 0 aliphatic heterocycles. The molecule has 126 valence electrons. The Morgan fingerprint density at radius 1 is 1.25 bits per heavy atom. The van der Waals surface area contributed by atoms with E-state index in [0.29, 0.717) is 11.5 Å². The fraction of sp³-hybridized carbons (Fsp3) is 0.211. The Hall–Kier alpha value is -2.40. The van der Waals surface area contributed by atoms with Gasteiger partial charge in [0, 0.05) is 10.6 Å². The summed E-state index contributed by atoms with van der Waals surface area (Å²) in [6.45, 7) is 5.60. The third-order valence-corrected chi connectivity index (χ3v) is 4.27. The van der Waals surface area contributed by atoms with E-state index in [0.717, 1.165) is 21.9 Å². The number of amides is 1. The number of thioether (sulfide) groups is 1. The van der Waals surface area contributed by atoms with Gasteiger partial charge >= 0.3 is 0 Å². The number of hydrogen-bond acceptors (Lipinski definition) is 4. The second-order valence-electron chi connectivity index (χ2n) is 5.09. The van der Waals surface area contributed by atoms with E-state index in [1.54, 1.807) is 24.9 Å². The molecule has 0 spiro atoms. The monoisotopic (exact) mass is 343 g/mol. The summed E-state index contributed by atoms with van der Waals surface area (Å²) >= 11 is 1.62. The summed E-state index contributed by atoms with van der Waals surface area (Å²) in [5.41, 5.74) is 1.84. The van der Waals surface area contributed by atoms with Gasteiger partial charge in [-0.2, -0.15) is 0 Å². The number of carbonyl (C=O) groups is 1. The van der Waals surface area contributed by atoms with E-state index in [2.05, 4.69) is 11.9 Å². The average molecular weight is 343 g/mol. The van der Waals surface area contributed by atoms with Gasteiger partial charge in [-0.15, -0.1) is 18.3 Å². The zero-order valence-corrected chi connectivity index (χ0v) is 14.7. The second-order valence-corrected chi connectivity index (χ2v) is 6.15. The molecule has 0 unspecified atom stereocenters. The van der Waals surface area contributed by atoms with Crippen LogP contribution in [0.2, 0.25) is 0 Å². The van der Waals surface area contributed by atoms with Gasteiger partial charge in [0.2, 0.25) is 0 Å². The van der Waals surface area contributed by atoms with Crippen LogP contribution >= 0.6 is 11.8 Å². The Morgan fingerprint density at radius 2 is 2.04 bits per heavy atom. The lowest BCUT2D eigenvalue weighted by Crippen LogP contribution is -2.20. The van der Waals surface area contributed by atoms with E-state index in [9.17, 15) is 4.79 Å². The molecule has 2 aromatic carbocycles. The number of methoxy groups -OCH3 is 1. The third-order valence-electron chi connectivity index (χ3n) is 3.20. The molecule has 0 saturated heterocycles. The van der Waals surface area contributed by atoms with Crippen molar-refractivity contribution in [2.24, 2.45) is 0 Å². The molecule has 0 bridgehead atoms. The van der Waals surface area contributed by atoms with Crippen LogP contribution in [0.1, 0.15) is 5.56 Å². The van der Waals surface area contributed by atoms with Crippen molar-refractivity contribution >= 4 is 23.4 Å². The van der Waals surface area contributed by atoms with Crippen LogP contribution in [0.15, 0.2) is 60.0 Å². The highest BCUT2D eigenvalue weighted by atomic mass is 32.2. The van der Waals surface area contributed by atoms with Gasteiger partial charge in [-0.05, 0) is 36.8 Å². The van der Waals surface area contributed by atoms with Crippen LogP contribution in [0, 0.1) is 6.92 Å². The molecule has 0 heterocycles. The average Bonchev–Trinajstić information content (AvgIpc) is 2.59. The Kier molecular flexibility index (Phi) is 6.75. The summed E-state index contributed by atoms with van der Waals surface area (Å²) in [4.78, 5) is 13.2. The number of nitrogens with one attached hydrogen (secondary N) is 1. The van der Waals surface area contributed by atoms with Crippen molar-refractivity contribution in [3.05, 3.63) is 60.7 Å². The Labute approximate surface area is 146 Å². The fourth-order valence-corrected chi connectivity index (χ4v) is 2.81. The normalized spacial score (nSPS) is 10.1. The van der Waals surface area contributed by atoms with E-state index in [1.807, 2.05) is 49.4 Å². The molecule has 0 radical (unpaired) electrons. The Balaban J connectivity index is 1.98. The van der Waals surface area contributed by atoms with E-state index in [1.165, 1.54) is 0 Å². The third kappa shape index (κ3) is 5.06. The highest BCUT2D eigenvalue weighted by molar-refractivity contribution is 7.99. The fourth-order valence-electron chi connectivity index (χ4n) is 2.07. The first-order chi connectivity index (χ1) is 11.6.